The lowest BCUT2D eigenvalue weighted by atomic mass is 9.94. The van der Waals surface area contributed by atoms with E-state index in [1.807, 2.05) is 6.92 Å². The van der Waals surface area contributed by atoms with Crippen LogP contribution in [0.15, 0.2) is 22.6 Å². The minimum absolute atomic E-state index is 0.406. The molecule has 1 aromatic heterocycles. The number of aryl methyl sites for hydroxylation is 1. The first-order valence-electron chi connectivity index (χ1n) is 8.50. The molecule has 1 atom stereocenters. The molecule has 0 bridgehead atoms. The summed E-state index contributed by atoms with van der Waals surface area (Å²) >= 11 is 0. The van der Waals surface area contributed by atoms with Crippen molar-refractivity contribution < 1.29 is 9.15 Å². The summed E-state index contributed by atoms with van der Waals surface area (Å²) in [4.78, 5) is 2.54. The number of nitrogens with zero attached hydrogens (tertiary/aromatic N) is 3. The van der Waals surface area contributed by atoms with Crippen LogP contribution in [0, 0.1) is 6.92 Å². The molecule has 2 aromatic rings. The lowest BCUT2D eigenvalue weighted by molar-refractivity contribution is 0.154. The molecule has 0 amide bonds. The number of fused-ring (bicyclic) bond motifs is 1. The molecule has 2 aliphatic rings. The second-order valence-electron chi connectivity index (χ2n) is 6.61. The highest BCUT2D eigenvalue weighted by Gasteiger charge is 2.28. The molecule has 3 heterocycles. The minimum Gasteiger partial charge on any atom is -0.493 e. The summed E-state index contributed by atoms with van der Waals surface area (Å²) < 4.78 is 11.3. The van der Waals surface area contributed by atoms with Gasteiger partial charge in [0.1, 0.15) is 5.75 Å². The number of benzene rings is 1. The summed E-state index contributed by atoms with van der Waals surface area (Å²) in [6.45, 7) is 7.08. The van der Waals surface area contributed by atoms with E-state index < -0.39 is 0 Å². The van der Waals surface area contributed by atoms with Gasteiger partial charge in [0.05, 0.1) is 6.61 Å². The van der Waals surface area contributed by atoms with Crippen LogP contribution in [0.4, 0.5) is 0 Å². The van der Waals surface area contributed by atoms with E-state index in [1.165, 1.54) is 11.1 Å². The van der Waals surface area contributed by atoms with Crippen molar-refractivity contribution in [3.8, 4) is 5.75 Å². The molecule has 1 fully saturated rings. The molecule has 1 aromatic carbocycles. The van der Waals surface area contributed by atoms with Gasteiger partial charge in [-0.1, -0.05) is 12.1 Å². The first-order chi connectivity index (χ1) is 11.2. The SMILES string of the molecule is Cc1nnc(C2CCN(C(C)c3ccc4c(c3)OCC4)CC2)o1. The fourth-order valence-electron chi connectivity index (χ4n) is 3.66. The zero-order chi connectivity index (χ0) is 15.8. The van der Waals surface area contributed by atoms with Crippen molar-refractivity contribution in [3.05, 3.63) is 41.1 Å². The average Bonchev–Trinajstić information content (AvgIpc) is 3.22. The van der Waals surface area contributed by atoms with E-state index in [0.717, 1.165) is 50.6 Å². The minimum atomic E-state index is 0.406. The topological polar surface area (TPSA) is 51.4 Å². The van der Waals surface area contributed by atoms with E-state index in [4.69, 9.17) is 9.15 Å². The maximum absolute atomic E-state index is 5.71. The average molecular weight is 313 g/mol. The van der Waals surface area contributed by atoms with Gasteiger partial charge in [-0.05, 0) is 50.0 Å². The van der Waals surface area contributed by atoms with Crippen LogP contribution < -0.4 is 4.74 Å². The van der Waals surface area contributed by atoms with E-state index in [0.29, 0.717) is 17.9 Å². The summed E-state index contributed by atoms with van der Waals surface area (Å²) in [6, 6.07) is 7.11. The van der Waals surface area contributed by atoms with Crippen LogP contribution in [0.3, 0.4) is 0 Å². The number of hydrogen-bond acceptors (Lipinski definition) is 5. The third kappa shape index (κ3) is 2.85. The van der Waals surface area contributed by atoms with Crippen LogP contribution in [-0.2, 0) is 6.42 Å². The maximum Gasteiger partial charge on any atom is 0.219 e. The molecule has 4 rings (SSSR count). The second kappa shape index (κ2) is 5.96. The fourth-order valence-corrected chi connectivity index (χ4v) is 3.66. The number of aromatic nitrogens is 2. The van der Waals surface area contributed by atoms with Crippen molar-refractivity contribution in [2.75, 3.05) is 19.7 Å². The molecule has 0 spiro atoms. The Kier molecular flexibility index (Phi) is 3.81. The Morgan fingerprint density at radius 2 is 2.04 bits per heavy atom. The van der Waals surface area contributed by atoms with Gasteiger partial charge < -0.3 is 9.15 Å². The van der Waals surface area contributed by atoms with E-state index in [1.54, 1.807) is 0 Å². The molecule has 0 saturated carbocycles. The number of piperidine rings is 1. The zero-order valence-electron chi connectivity index (χ0n) is 13.8. The molecule has 0 radical (unpaired) electrons. The lowest BCUT2D eigenvalue weighted by Gasteiger charge is -2.35. The molecule has 5 nitrogen and oxygen atoms in total. The van der Waals surface area contributed by atoms with Gasteiger partial charge in [-0.3, -0.25) is 4.90 Å². The Bertz CT molecular complexity index is 689. The Morgan fingerprint density at radius 1 is 1.22 bits per heavy atom. The quantitative estimate of drug-likeness (QED) is 0.870. The van der Waals surface area contributed by atoms with Crippen LogP contribution >= 0.6 is 0 Å². The second-order valence-corrected chi connectivity index (χ2v) is 6.61. The van der Waals surface area contributed by atoms with E-state index >= 15 is 0 Å². The van der Waals surface area contributed by atoms with E-state index in [9.17, 15) is 0 Å². The smallest absolute Gasteiger partial charge is 0.219 e. The predicted molar refractivity (Wildman–Crippen MR) is 86.6 cm³/mol. The fraction of sp³-hybridized carbons (Fsp3) is 0.556. The van der Waals surface area contributed by atoms with E-state index in [-0.39, 0.29) is 0 Å². The van der Waals surface area contributed by atoms with Gasteiger partial charge in [0, 0.05) is 25.3 Å². The Balaban J connectivity index is 1.41. The summed E-state index contributed by atoms with van der Waals surface area (Å²) in [5, 5.41) is 8.14. The summed E-state index contributed by atoms with van der Waals surface area (Å²) in [5.74, 6) is 2.95. The maximum atomic E-state index is 5.71. The molecule has 122 valence electrons. The summed E-state index contributed by atoms with van der Waals surface area (Å²) in [5.41, 5.74) is 2.68. The van der Waals surface area contributed by atoms with Crippen LogP contribution in [0.5, 0.6) is 5.75 Å². The third-order valence-corrected chi connectivity index (χ3v) is 5.17. The Morgan fingerprint density at radius 3 is 2.78 bits per heavy atom. The van der Waals surface area contributed by atoms with Gasteiger partial charge in [-0.2, -0.15) is 0 Å². The molecule has 23 heavy (non-hydrogen) atoms. The first kappa shape index (κ1) is 14.7. The number of likely N-dealkylation sites (tertiary alicyclic amines) is 1. The molecule has 0 N–H and O–H groups in total. The van der Waals surface area contributed by atoms with E-state index in [2.05, 4.69) is 40.2 Å². The molecular weight excluding hydrogens is 290 g/mol. The normalized spacial score (nSPS) is 20.3. The van der Waals surface area contributed by atoms with Crippen LogP contribution in [-0.4, -0.2) is 34.8 Å². The van der Waals surface area contributed by atoms with Crippen molar-refractivity contribution in [2.24, 2.45) is 0 Å². The monoisotopic (exact) mass is 313 g/mol. The number of hydrogen-bond donors (Lipinski definition) is 0. The van der Waals surface area contributed by atoms with Gasteiger partial charge in [-0.25, -0.2) is 0 Å². The predicted octanol–water partition coefficient (Wildman–Crippen LogP) is 3.25. The van der Waals surface area contributed by atoms with Gasteiger partial charge in [0.25, 0.3) is 0 Å². The summed E-state index contributed by atoms with van der Waals surface area (Å²) in [7, 11) is 0. The number of ether oxygens (including phenoxy) is 1. The molecule has 5 heteroatoms. The van der Waals surface area contributed by atoms with Gasteiger partial charge in [0.15, 0.2) is 0 Å². The molecule has 1 unspecified atom stereocenters. The Labute approximate surface area is 136 Å². The van der Waals surface area contributed by atoms with Gasteiger partial charge in [-0.15, -0.1) is 10.2 Å². The first-order valence-corrected chi connectivity index (χ1v) is 8.50. The molecule has 0 aliphatic carbocycles. The molecular formula is C18H23N3O2. The number of rotatable bonds is 3. The highest BCUT2D eigenvalue weighted by atomic mass is 16.5. The van der Waals surface area contributed by atoms with Crippen molar-refractivity contribution in [1.29, 1.82) is 0 Å². The van der Waals surface area contributed by atoms with Crippen LogP contribution in [0.2, 0.25) is 0 Å². The molecule has 2 aliphatic heterocycles. The van der Waals surface area contributed by atoms with Gasteiger partial charge in [0.2, 0.25) is 11.8 Å². The standard InChI is InChI=1S/C18H23N3O2/c1-12(16-4-3-14-7-10-22-17(14)11-16)21-8-5-15(6-9-21)18-20-19-13(2)23-18/h3-4,11-12,15H,5-10H2,1-2H3. The van der Waals surface area contributed by atoms with Crippen molar-refractivity contribution >= 4 is 0 Å². The van der Waals surface area contributed by atoms with Crippen molar-refractivity contribution in [3.63, 3.8) is 0 Å². The van der Waals surface area contributed by atoms with Crippen LogP contribution in [0.1, 0.15) is 54.6 Å². The zero-order valence-corrected chi connectivity index (χ0v) is 13.8. The van der Waals surface area contributed by atoms with Gasteiger partial charge >= 0.3 is 0 Å². The highest BCUT2D eigenvalue weighted by molar-refractivity contribution is 5.41. The van der Waals surface area contributed by atoms with Crippen molar-refractivity contribution in [1.82, 2.24) is 15.1 Å². The Hall–Kier alpha value is -1.88. The van der Waals surface area contributed by atoms with Crippen molar-refractivity contribution in [2.45, 2.75) is 45.1 Å². The summed E-state index contributed by atoms with van der Waals surface area (Å²) in [6.07, 6.45) is 3.19. The lowest BCUT2D eigenvalue weighted by Crippen LogP contribution is -2.35. The van der Waals surface area contributed by atoms with Crippen LogP contribution in [0.25, 0.3) is 0 Å². The largest absolute Gasteiger partial charge is 0.493 e. The highest BCUT2D eigenvalue weighted by Crippen LogP contribution is 2.34. The molecule has 1 saturated heterocycles. The third-order valence-electron chi connectivity index (χ3n) is 5.17.